The van der Waals surface area contributed by atoms with Crippen molar-refractivity contribution in [1.29, 1.82) is 0 Å². The average Bonchev–Trinajstić information content (AvgIpc) is 3.46. The number of H-pyrrole nitrogens is 1. The number of nitrogens with two attached hydrogens (primary N) is 2. The Kier molecular flexibility index (Phi) is 16.5. The minimum absolute atomic E-state index is 0.0992. The van der Waals surface area contributed by atoms with Crippen LogP contribution in [0.3, 0.4) is 0 Å². The molecule has 0 aliphatic rings. The normalized spacial score (nSPS) is 14.8. The Morgan fingerprint density at radius 1 is 0.725 bits per heavy atom. The lowest BCUT2D eigenvalue weighted by Gasteiger charge is -2.27. The summed E-state index contributed by atoms with van der Waals surface area (Å²) in [4.78, 5) is 92.0. The van der Waals surface area contributed by atoms with E-state index in [2.05, 4.69) is 31.6 Å². The maximum absolute atomic E-state index is 13.4. The molecule has 282 valence electrons. The fourth-order valence-corrected chi connectivity index (χ4v) is 5.28. The zero-order chi connectivity index (χ0) is 38.4. The van der Waals surface area contributed by atoms with E-state index in [4.69, 9.17) is 11.5 Å². The standard InChI is InChI=1S/C34H52N8O9/c1-17(2)12-25(32(48)41-26(13-18(3)4)33(49)42-27(16-43)34(50)51)40-29(45)19(5)38-31(47)24(10-11-28(36)44)39-30(46)22(35)14-20-15-37-23-9-7-6-8-21(20)23/h6-9,15,17-19,22,24-27,37,43H,10-14,16,35H2,1-5H3,(H2,36,44)(H,38,47)(H,39,46)(H,40,45)(H,41,48)(H,42,49)(H,50,51)/t19-,22-,24-,25-,26-,27-/m0/s1. The number of aromatic nitrogens is 1. The molecule has 2 rings (SSSR count). The predicted molar refractivity (Wildman–Crippen MR) is 187 cm³/mol. The van der Waals surface area contributed by atoms with Gasteiger partial charge in [-0.15, -0.1) is 0 Å². The van der Waals surface area contributed by atoms with Crippen molar-refractivity contribution in [2.45, 2.75) is 103 Å². The number of benzene rings is 1. The molecule has 0 bridgehead atoms. The number of primary amides is 1. The van der Waals surface area contributed by atoms with Gasteiger partial charge in [-0.2, -0.15) is 0 Å². The van der Waals surface area contributed by atoms with Crippen LogP contribution in [-0.2, 0) is 40.0 Å². The third kappa shape index (κ3) is 13.7. The van der Waals surface area contributed by atoms with Crippen molar-refractivity contribution < 1.29 is 43.8 Å². The summed E-state index contributed by atoms with van der Waals surface area (Å²) in [6.07, 6.45) is 1.76. The van der Waals surface area contributed by atoms with Gasteiger partial charge in [-0.05, 0) is 56.1 Å². The molecule has 1 heterocycles. The number of aliphatic hydroxyl groups excluding tert-OH is 1. The Morgan fingerprint density at radius 2 is 1.24 bits per heavy atom. The molecule has 1 aromatic heterocycles. The minimum atomic E-state index is -1.58. The number of para-hydroxylation sites is 1. The molecule has 0 radical (unpaired) electrons. The monoisotopic (exact) mass is 716 g/mol. The molecule has 17 heteroatoms. The van der Waals surface area contributed by atoms with Crippen LogP contribution in [0.1, 0.15) is 65.9 Å². The summed E-state index contributed by atoms with van der Waals surface area (Å²) < 4.78 is 0. The third-order valence-corrected chi connectivity index (χ3v) is 7.99. The van der Waals surface area contributed by atoms with Crippen molar-refractivity contribution >= 4 is 52.3 Å². The second-order valence-electron chi connectivity index (χ2n) is 13.4. The van der Waals surface area contributed by atoms with E-state index < -0.39 is 84.3 Å². The van der Waals surface area contributed by atoms with E-state index in [0.29, 0.717) is 0 Å². The van der Waals surface area contributed by atoms with Crippen molar-refractivity contribution in [1.82, 2.24) is 31.6 Å². The van der Waals surface area contributed by atoms with E-state index in [-0.39, 0.29) is 43.9 Å². The molecule has 0 aliphatic carbocycles. The fourth-order valence-electron chi connectivity index (χ4n) is 5.28. The number of rotatable bonds is 21. The number of aliphatic carboxylic acids is 1. The van der Waals surface area contributed by atoms with Crippen LogP contribution in [0, 0.1) is 11.8 Å². The van der Waals surface area contributed by atoms with E-state index in [1.807, 2.05) is 38.1 Å². The van der Waals surface area contributed by atoms with Crippen LogP contribution >= 0.6 is 0 Å². The lowest BCUT2D eigenvalue weighted by atomic mass is 9.99. The lowest BCUT2D eigenvalue weighted by molar-refractivity contribution is -0.143. The second-order valence-corrected chi connectivity index (χ2v) is 13.4. The first-order chi connectivity index (χ1) is 23.9. The van der Waals surface area contributed by atoms with Gasteiger partial charge in [0.1, 0.15) is 30.2 Å². The van der Waals surface area contributed by atoms with Crippen molar-refractivity contribution in [2.75, 3.05) is 6.61 Å². The van der Waals surface area contributed by atoms with Crippen LogP contribution in [-0.4, -0.2) is 99.5 Å². The zero-order valence-electron chi connectivity index (χ0n) is 29.7. The van der Waals surface area contributed by atoms with Gasteiger partial charge in [0.15, 0.2) is 0 Å². The molecule has 0 saturated heterocycles. The zero-order valence-corrected chi connectivity index (χ0v) is 29.7. The first-order valence-corrected chi connectivity index (χ1v) is 16.9. The minimum Gasteiger partial charge on any atom is -0.480 e. The average molecular weight is 717 g/mol. The smallest absolute Gasteiger partial charge is 0.328 e. The summed E-state index contributed by atoms with van der Waals surface area (Å²) in [7, 11) is 0. The summed E-state index contributed by atoms with van der Waals surface area (Å²) in [5.41, 5.74) is 13.1. The highest BCUT2D eigenvalue weighted by atomic mass is 16.4. The van der Waals surface area contributed by atoms with Crippen LogP contribution in [0.25, 0.3) is 10.9 Å². The quantitative estimate of drug-likeness (QED) is 0.0745. The number of amides is 6. The molecular formula is C34H52N8O9. The van der Waals surface area contributed by atoms with Crippen LogP contribution in [0.4, 0.5) is 0 Å². The molecule has 0 saturated carbocycles. The predicted octanol–water partition coefficient (Wildman–Crippen LogP) is -1.08. The number of carboxylic acids is 1. The van der Waals surface area contributed by atoms with Gasteiger partial charge in [0.2, 0.25) is 35.4 Å². The molecular weight excluding hydrogens is 664 g/mol. The molecule has 0 aliphatic heterocycles. The summed E-state index contributed by atoms with van der Waals surface area (Å²) in [6.45, 7) is 7.71. The number of carboxylic acid groups (broad SMARTS) is 1. The van der Waals surface area contributed by atoms with Gasteiger partial charge >= 0.3 is 5.97 Å². The molecule has 17 nitrogen and oxygen atoms in total. The molecule has 51 heavy (non-hydrogen) atoms. The number of fused-ring (bicyclic) bond motifs is 1. The number of hydrogen-bond donors (Lipinski definition) is 10. The number of carbonyl (C=O) groups excluding carboxylic acids is 6. The van der Waals surface area contributed by atoms with Gasteiger partial charge in [-0.1, -0.05) is 45.9 Å². The maximum Gasteiger partial charge on any atom is 0.328 e. The van der Waals surface area contributed by atoms with E-state index in [0.717, 1.165) is 16.5 Å². The highest BCUT2D eigenvalue weighted by Gasteiger charge is 2.32. The molecule has 0 unspecified atom stereocenters. The highest BCUT2D eigenvalue weighted by Crippen LogP contribution is 2.19. The topological polar surface area (TPSA) is 288 Å². The summed E-state index contributed by atoms with van der Waals surface area (Å²) >= 11 is 0. The molecule has 12 N–H and O–H groups in total. The van der Waals surface area contributed by atoms with Crippen molar-refractivity contribution in [3.63, 3.8) is 0 Å². The van der Waals surface area contributed by atoms with Gasteiger partial charge in [-0.3, -0.25) is 28.8 Å². The van der Waals surface area contributed by atoms with Gasteiger partial charge in [0.25, 0.3) is 0 Å². The highest BCUT2D eigenvalue weighted by molar-refractivity contribution is 5.96. The van der Waals surface area contributed by atoms with Gasteiger partial charge < -0.3 is 53.2 Å². The van der Waals surface area contributed by atoms with E-state index >= 15 is 0 Å². The van der Waals surface area contributed by atoms with Crippen LogP contribution in [0.2, 0.25) is 0 Å². The number of aliphatic hydroxyl groups is 1. The van der Waals surface area contributed by atoms with E-state index in [1.54, 1.807) is 20.0 Å². The number of hydrogen-bond acceptors (Lipinski definition) is 9. The van der Waals surface area contributed by atoms with Gasteiger partial charge in [0.05, 0.1) is 12.6 Å². The Hall–Kier alpha value is -5.03. The molecule has 0 spiro atoms. The Morgan fingerprint density at radius 3 is 1.76 bits per heavy atom. The SMILES string of the molecule is CC(C)C[C@H](NC(=O)[C@H](C)NC(=O)[C@H](CCC(N)=O)NC(=O)[C@@H](N)Cc1c[nH]c2ccccc12)C(=O)N[C@@H](CC(C)C)C(=O)N[C@@H](CO)C(=O)O. The maximum atomic E-state index is 13.4. The molecule has 2 aromatic rings. The summed E-state index contributed by atoms with van der Waals surface area (Å²) in [5.74, 6) is -6.11. The number of carbonyl (C=O) groups is 7. The largest absolute Gasteiger partial charge is 0.480 e. The van der Waals surface area contributed by atoms with Crippen LogP contribution < -0.4 is 38.1 Å². The van der Waals surface area contributed by atoms with E-state index in [1.165, 1.54) is 6.92 Å². The third-order valence-electron chi connectivity index (χ3n) is 7.99. The Balaban J connectivity index is 2.13. The first-order valence-electron chi connectivity index (χ1n) is 16.9. The number of nitrogens with one attached hydrogen (secondary N) is 6. The number of aromatic amines is 1. The van der Waals surface area contributed by atoms with Crippen molar-refractivity contribution in [2.24, 2.45) is 23.3 Å². The first kappa shape index (κ1) is 42.1. The molecule has 1 aromatic carbocycles. The molecule has 0 fully saturated rings. The Labute approximate surface area is 296 Å². The van der Waals surface area contributed by atoms with Crippen molar-refractivity contribution in [3.05, 3.63) is 36.0 Å². The summed E-state index contributed by atoms with van der Waals surface area (Å²) in [5, 5.41) is 31.8. The Bertz CT molecular complexity index is 1540. The van der Waals surface area contributed by atoms with Gasteiger partial charge in [0, 0.05) is 23.5 Å². The summed E-state index contributed by atoms with van der Waals surface area (Å²) in [6, 6.07) is 0.0322. The van der Waals surface area contributed by atoms with Crippen molar-refractivity contribution in [3.8, 4) is 0 Å². The molecule has 6 amide bonds. The van der Waals surface area contributed by atoms with Crippen LogP contribution in [0.5, 0.6) is 0 Å². The molecule has 6 atom stereocenters. The van der Waals surface area contributed by atoms with Gasteiger partial charge in [-0.25, -0.2) is 4.79 Å². The van der Waals surface area contributed by atoms with E-state index in [9.17, 15) is 43.8 Å². The fraction of sp³-hybridized carbons (Fsp3) is 0.559. The second kappa shape index (κ2) is 20.0. The van der Waals surface area contributed by atoms with Crippen LogP contribution in [0.15, 0.2) is 30.5 Å². The lowest BCUT2D eigenvalue weighted by Crippen LogP contribution is -2.59.